The molecule has 20 heavy (non-hydrogen) atoms. The summed E-state index contributed by atoms with van der Waals surface area (Å²) in [5, 5.41) is 10.5. The number of anilines is 1. The smallest absolute Gasteiger partial charge is 0.322 e. The second-order valence-corrected chi connectivity index (χ2v) is 6.63. The lowest BCUT2D eigenvalue weighted by Gasteiger charge is -2.20. The molecule has 3 rings (SSSR count). The van der Waals surface area contributed by atoms with Crippen molar-refractivity contribution in [1.82, 2.24) is 25.1 Å². The first-order valence-electron chi connectivity index (χ1n) is 5.78. The van der Waals surface area contributed by atoms with E-state index in [0.29, 0.717) is 0 Å². The predicted octanol–water partition coefficient (Wildman–Crippen LogP) is -2.04. The molecule has 0 aliphatic carbocycles. The highest BCUT2D eigenvalue weighted by atomic mass is 32.2. The van der Waals surface area contributed by atoms with Gasteiger partial charge in [0.05, 0.1) is 6.20 Å². The summed E-state index contributed by atoms with van der Waals surface area (Å²) < 4.78 is 25.9. The van der Waals surface area contributed by atoms with Crippen LogP contribution in [0.2, 0.25) is 0 Å². The fourth-order valence-corrected chi connectivity index (χ4v) is 3.93. The number of carbonyl (C=O) groups excluding carboxylic acids is 2. The number of rotatable bonds is 2. The summed E-state index contributed by atoms with van der Waals surface area (Å²) in [6, 6.07) is -0.614. The van der Waals surface area contributed by atoms with E-state index in [2.05, 4.69) is 20.8 Å². The van der Waals surface area contributed by atoms with Gasteiger partial charge in [0.25, 0.3) is 5.91 Å². The van der Waals surface area contributed by atoms with Gasteiger partial charge in [0.15, 0.2) is 0 Å². The zero-order chi connectivity index (χ0) is 14.5. The number of sulfonamides is 1. The number of hydrogen-bond acceptors (Lipinski definition) is 6. The lowest BCUT2D eigenvalue weighted by Crippen LogP contribution is -2.49. The molecule has 1 spiro atoms. The van der Waals surface area contributed by atoms with Crippen LogP contribution in [0.5, 0.6) is 0 Å². The molecular weight excluding hydrogens is 288 g/mol. The number of nitrogens with zero attached hydrogens (tertiary/aromatic N) is 2. The average molecular weight is 300 g/mol. The number of H-pyrrole nitrogens is 1. The molecule has 5 N–H and O–H groups in total. The van der Waals surface area contributed by atoms with Gasteiger partial charge >= 0.3 is 6.03 Å². The van der Waals surface area contributed by atoms with Gasteiger partial charge in [-0.3, -0.25) is 15.2 Å². The van der Waals surface area contributed by atoms with E-state index in [-0.39, 0.29) is 30.2 Å². The van der Waals surface area contributed by atoms with E-state index >= 15 is 0 Å². The van der Waals surface area contributed by atoms with E-state index in [1.807, 2.05) is 0 Å². The molecule has 0 bridgehead atoms. The fraction of sp³-hybridized carbons (Fsp3) is 0.444. The molecule has 2 aliphatic rings. The molecule has 2 fully saturated rings. The molecule has 108 valence electrons. The molecule has 2 aliphatic heterocycles. The van der Waals surface area contributed by atoms with Gasteiger partial charge in [0.2, 0.25) is 10.0 Å². The van der Waals surface area contributed by atoms with Crippen molar-refractivity contribution >= 4 is 27.8 Å². The first-order chi connectivity index (χ1) is 9.35. The second kappa shape index (κ2) is 3.93. The van der Waals surface area contributed by atoms with Gasteiger partial charge in [-0.25, -0.2) is 13.2 Å². The number of hydrogen-bond donors (Lipinski definition) is 4. The third-order valence-electron chi connectivity index (χ3n) is 3.50. The summed E-state index contributed by atoms with van der Waals surface area (Å²) in [6.07, 6.45) is 1.32. The Hall–Kier alpha value is -2.14. The average Bonchev–Trinajstić information content (AvgIpc) is 3.02. The van der Waals surface area contributed by atoms with Crippen LogP contribution in [0.3, 0.4) is 0 Å². The van der Waals surface area contributed by atoms with Gasteiger partial charge in [0, 0.05) is 13.1 Å². The number of nitrogens with one attached hydrogen (secondary N) is 3. The van der Waals surface area contributed by atoms with Crippen LogP contribution in [0.4, 0.5) is 10.6 Å². The van der Waals surface area contributed by atoms with Crippen LogP contribution in [0, 0.1) is 0 Å². The van der Waals surface area contributed by atoms with Crippen LogP contribution in [-0.4, -0.2) is 53.5 Å². The molecule has 1 unspecified atom stereocenters. The molecule has 2 saturated heterocycles. The third-order valence-corrected chi connectivity index (χ3v) is 5.37. The number of aromatic amines is 1. The lowest BCUT2D eigenvalue weighted by molar-refractivity contribution is -0.123. The number of aromatic nitrogens is 2. The Kier molecular flexibility index (Phi) is 2.53. The monoisotopic (exact) mass is 300 g/mol. The van der Waals surface area contributed by atoms with Crippen molar-refractivity contribution in [2.45, 2.75) is 16.9 Å². The minimum absolute atomic E-state index is 0.0640. The summed E-state index contributed by atoms with van der Waals surface area (Å²) in [5.41, 5.74) is 4.32. The molecule has 0 aromatic carbocycles. The summed E-state index contributed by atoms with van der Waals surface area (Å²) in [4.78, 5) is 22.8. The maximum Gasteiger partial charge on any atom is 0.322 e. The summed E-state index contributed by atoms with van der Waals surface area (Å²) >= 11 is 0. The Labute approximate surface area is 113 Å². The van der Waals surface area contributed by atoms with Crippen LogP contribution < -0.4 is 16.4 Å². The van der Waals surface area contributed by atoms with Crippen LogP contribution in [0.25, 0.3) is 0 Å². The molecule has 3 heterocycles. The van der Waals surface area contributed by atoms with E-state index in [1.54, 1.807) is 0 Å². The number of nitrogens with two attached hydrogens (primary N) is 1. The first kappa shape index (κ1) is 12.9. The van der Waals surface area contributed by atoms with Crippen molar-refractivity contribution in [3.8, 4) is 0 Å². The Morgan fingerprint density at radius 1 is 1.40 bits per heavy atom. The predicted molar refractivity (Wildman–Crippen MR) is 65.8 cm³/mol. The Bertz CT molecular complexity index is 697. The molecule has 1 aromatic heterocycles. The topological polar surface area (TPSA) is 150 Å². The number of amides is 3. The Morgan fingerprint density at radius 3 is 2.70 bits per heavy atom. The number of carbonyl (C=O) groups is 2. The van der Waals surface area contributed by atoms with Gasteiger partial charge < -0.3 is 11.1 Å². The van der Waals surface area contributed by atoms with Crippen molar-refractivity contribution in [3.63, 3.8) is 0 Å². The molecule has 10 nitrogen and oxygen atoms in total. The minimum atomic E-state index is -3.85. The van der Waals surface area contributed by atoms with Crippen LogP contribution in [0.1, 0.15) is 6.42 Å². The summed E-state index contributed by atoms with van der Waals surface area (Å²) in [5.74, 6) is -0.578. The van der Waals surface area contributed by atoms with Crippen LogP contribution in [0.15, 0.2) is 11.1 Å². The molecule has 3 amide bonds. The van der Waals surface area contributed by atoms with E-state index < -0.39 is 27.5 Å². The van der Waals surface area contributed by atoms with Crippen molar-refractivity contribution in [2.75, 3.05) is 18.8 Å². The van der Waals surface area contributed by atoms with Gasteiger partial charge in [-0.05, 0) is 6.42 Å². The van der Waals surface area contributed by atoms with Gasteiger partial charge in [-0.15, -0.1) is 0 Å². The van der Waals surface area contributed by atoms with E-state index in [4.69, 9.17) is 5.73 Å². The molecule has 0 radical (unpaired) electrons. The zero-order valence-electron chi connectivity index (χ0n) is 10.2. The highest BCUT2D eigenvalue weighted by molar-refractivity contribution is 7.89. The molecule has 0 saturated carbocycles. The standard InChI is InChI=1S/C9H12N6O4S/c10-6-5(3-11-14-6)20(18,19)15-2-1-9(4-15)7(16)12-8(17)13-9/h3H,1-2,4H2,(H3,10,11,14)(H2,12,13,16,17). The van der Waals surface area contributed by atoms with Crippen LogP contribution in [-0.2, 0) is 14.8 Å². The normalized spacial score (nSPS) is 27.0. The van der Waals surface area contributed by atoms with Crippen molar-refractivity contribution in [3.05, 3.63) is 6.20 Å². The van der Waals surface area contributed by atoms with Gasteiger partial charge in [0.1, 0.15) is 16.3 Å². The van der Waals surface area contributed by atoms with E-state index in [9.17, 15) is 18.0 Å². The van der Waals surface area contributed by atoms with E-state index in [0.717, 1.165) is 10.5 Å². The fourth-order valence-electron chi connectivity index (χ4n) is 2.43. The second-order valence-electron chi connectivity index (χ2n) is 4.73. The van der Waals surface area contributed by atoms with Crippen LogP contribution >= 0.6 is 0 Å². The molecule has 11 heteroatoms. The van der Waals surface area contributed by atoms with E-state index in [1.165, 1.54) is 0 Å². The molecular formula is C9H12N6O4S. The highest BCUT2D eigenvalue weighted by Crippen LogP contribution is 2.30. The quantitative estimate of drug-likeness (QED) is 0.462. The van der Waals surface area contributed by atoms with Crippen molar-refractivity contribution < 1.29 is 18.0 Å². The summed E-state index contributed by atoms with van der Waals surface area (Å²) in [6.45, 7) is -0.0157. The Balaban J connectivity index is 1.90. The third kappa shape index (κ3) is 1.67. The maximum atomic E-state index is 12.4. The van der Waals surface area contributed by atoms with Crippen molar-refractivity contribution in [2.24, 2.45) is 0 Å². The number of urea groups is 1. The van der Waals surface area contributed by atoms with Crippen molar-refractivity contribution in [1.29, 1.82) is 0 Å². The van der Waals surface area contributed by atoms with Gasteiger partial charge in [-0.1, -0.05) is 0 Å². The zero-order valence-corrected chi connectivity index (χ0v) is 11.0. The SMILES string of the molecule is Nc1[nH]ncc1S(=O)(=O)N1CCC2(C1)NC(=O)NC2=O. The molecule has 1 aromatic rings. The largest absolute Gasteiger partial charge is 0.383 e. The summed E-state index contributed by atoms with van der Waals surface area (Å²) in [7, 11) is -3.85. The first-order valence-corrected chi connectivity index (χ1v) is 7.22. The number of nitrogen functional groups attached to an aromatic ring is 1. The van der Waals surface area contributed by atoms with Gasteiger partial charge in [-0.2, -0.15) is 9.40 Å². The highest BCUT2D eigenvalue weighted by Gasteiger charge is 2.53. The molecule has 1 atom stereocenters. The maximum absolute atomic E-state index is 12.4. The Morgan fingerprint density at radius 2 is 2.15 bits per heavy atom. The lowest BCUT2D eigenvalue weighted by atomic mass is 10.00. The minimum Gasteiger partial charge on any atom is -0.383 e. The number of imide groups is 1.